The van der Waals surface area contributed by atoms with Crippen LogP contribution in [0, 0.1) is 0 Å². The first-order valence-electron chi connectivity index (χ1n) is 7.30. The summed E-state index contributed by atoms with van der Waals surface area (Å²) >= 11 is 0. The topological polar surface area (TPSA) is 12.9 Å². The number of aromatic nitrogens is 1. The third kappa shape index (κ3) is 1.49. The van der Waals surface area contributed by atoms with Crippen LogP contribution in [0.2, 0.25) is 0 Å². The van der Waals surface area contributed by atoms with Gasteiger partial charge in [0, 0.05) is 17.4 Å². The second-order valence-electron chi connectivity index (χ2n) is 5.69. The maximum absolute atomic E-state index is 4.95. The molecule has 0 bridgehead atoms. The van der Waals surface area contributed by atoms with Crippen LogP contribution in [0.4, 0.5) is 0 Å². The molecule has 0 N–H and O–H groups in total. The van der Waals surface area contributed by atoms with Crippen molar-refractivity contribution >= 4 is 21.7 Å². The molecule has 3 aromatic carbocycles. The molecule has 1 heteroatoms. The molecule has 0 atom stereocenters. The molecule has 0 aliphatic heterocycles. The Kier molecular flexibility index (Phi) is 2.06. The smallest absolute Gasteiger partial charge is 0.0754 e. The van der Waals surface area contributed by atoms with Crippen molar-refractivity contribution in [2.24, 2.45) is 0 Å². The number of rotatable bonds is 0. The molecule has 0 saturated carbocycles. The van der Waals surface area contributed by atoms with Gasteiger partial charge in [0.1, 0.15) is 0 Å². The first-order valence-corrected chi connectivity index (χ1v) is 7.30. The van der Waals surface area contributed by atoms with Crippen LogP contribution in [-0.4, -0.2) is 4.98 Å². The lowest BCUT2D eigenvalue weighted by Crippen LogP contribution is -1.87. The number of pyridine rings is 1. The average Bonchev–Trinajstić information content (AvgIpc) is 2.90. The maximum atomic E-state index is 4.95. The Balaban J connectivity index is 1.92. The van der Waals surface area contributed by atoms with Crippen LogP contribution < -0.4 is 0 Å². The van der Waals surface area contributed by atoms with E-state index >= 15 is 0 Å². The zero-order chi connectivity index (χ0) is 13.8. The Morgan fingerprint density at radius 1 is 0.714 bits per heavy atom. The Hall–Kier alpha value is -2.67. The quantitative estimate of drug-likeness (QED) is 0.386. The van der Waals surface area contributed by atoms with E-state index in [1.807, 2.05) is 0 Å². The van der Waals surface area contributed by atoms with Crippen LogP contribution in [-0.2, 0) is 6.42 Å². The number of hydrogen-bond donors (Lipinski definition) is 0. The van der Waals surface area contributed by atoms with Crippen LogP contribution in [0.5, 0.6) is 0 Å². The highest BCUT2D eigenvalue weighted by Crippen LogP contribution is 2.41. The van der Waals surface area contributed by atoms with E-state index in [0.717, 1.165) is 11.9 Å². The van der Waals surface area contributed by atoms with Gasteiger partial charge in [-0.15, -0.1) is 0 Å². The zero-order valence-corrected chi connectivity index (χ0v) is 11.5. The molecule has 1 heterocycles. The van der Waals surface area contributed by atoms with Crippen molar-refractivity contribution in [3.05, 3.63) is 77.9 Å². The summed E-state index contributed by atoms with van der Waals surface area (Å²) in [6, 6.07) is 23.7. The molecule has 0 unspecified atom stereocenters. The Morgan fingerprint density at radius 2 is 1.52 bits per heavy atom. The third-order valence-electron chi connectivity index (χ3n) is 4.44. The molecule has 21 heavy (non-hydrogen) atoms. The van der Waals surface area contributed by atoms with E-state index in [-0.39, 0.29) is 0 Å². The number of benzene rings is 3. The van der Waals surface area contributed by atoms with Gasteiger partial charge in [-0.25, -0.2) is 4.98 Å². The molecule has 98 valence electrons. The van der Waals surface area contributed by atoms with Crippen molar-refractivity contribution in [1.29, 1.82) is 0 Å². The molecule has 4 aromatic rings. The van der Waals surface area contributed by atoms with Crippen LogP contribution in [0.25, 0.3) is 32.9 Å². The van der Waals surface area contributed by atoms with E-state index in [1.165, 1.54) is 38.5 Å². The molecular weight excluding hydrogens is 254 g/mol. The van der Waals surface area contributed by atoms with Crippen LogP contribution in [0.15, 0.2) is 66.7 Å². The molecule has 1 nitrogen and oxygen atoms in total. The van der Waals surface area contributed by atoms with Gasteiger partial charge in [-0.2, -0.15) is 0 Å². The van der Waals surface area contributed by atoms with E-state index in [1.54, 1.807) is 0 Å². The lowest BCUT2D eigenvalue weighted by atomic mass is 10.0. The molecule has 0 amide bonds. The highest BCUT2D eigenvalue weighted by Gasteiger charge is 2.22. The highest BCUT2D eigenvalue weighted by atomic mass is 14.7. The first-order chi connectivity index (χ1) is 10.4. The van der Waals surface area contributed by atoms with Gasteiger partial charge in [0.15, 0.2) is 0 Å². The molecule has 0 radical (unpaired) electrons. The fourth-order valence-electron chi connectivity index (χ4n) is 3.46. The zero-order valence-electron chi connectivity index (χ0n) is 11.5. The maximum Gasteiger partial charge on any atom is 0.0754 e. The number of hydrogen-bond acceptors (Lipinski definition) is 1. The second kappa shape index (κ2) is 3.92. The van der Waals surface area contributed by atoms with Gasteiger partial charge in [-0.1, -0.05) is 54.6 Å². The van der Waals surface area contributed by atoms with Gasteiger partial charge in [-0.3, -0.25) is 0 Å². The van der Waals surface area contributed by atoms with E-state index < -0.39 is 0 Å². The van der Waals surface area contributed by atoms with E-state index in [0.29, 0.717) is 0 Å². The summed E-state index contributed by atoms with van der Waals surface area (Å²) < 4.78 is 0. The normalized spacial score (nSPS) is 12.6. The Morgan fingerprint density at radius 3 is 2.48 bits per heavy atom. The minimum Gasteiger partial charge on any atom is -0.247 e. The van der Waals surface area contributed by atoms with Gasteiger partial charge >= 0.3 is 0 Å². The standard InChI is InChI=1S/C20H13N/c1-3-7-17-13(5-1)9-10-15-12-16-11-14-6-2-4-8-18(14)21-20(16)19(15)17/h1-11H,12H2. The van der Waals surface area contributed by atoms with Crippen molar-refractivity contribution in [1.82, 2.24) is 4.98 Å². The molecule has 0 spiro atoms. The van der Waals surface area contributed by atoms with Crippen LogP contribution in [0.3, 0.4) is 0 Å². The predicted octanol–water partition coefficient (Wildman–Crippen LogP) is 4.96. The highest BCUT2D eigenvalue weighted by molar-refractivity contribution is 6.01. The fraction of sp³-hybridized carbons (Fsp3) is 0.0500. The SMILES string of the molecule is c1ccc2nc3c(cc2c1)Cc1ccc2ccccc2c1-3. The van der Waals surface area contributed by atoms with Gasteiger partial charge in [0.25, 0.3) is 0 Å². The molecule has 1 aromatic heterocycles. The van der Waals surface area contributed by atoms with Crippen molar-refractivity contribution in [2.75, 3.05) is 0 Å². The lowest BCUT2D eigenvalue weighted by Gasteiger charge is -2.06. The summed E-state index contributed by atoms with van der Waals surface area (Å²) in [5, 5.41) is 3.84. The monoisotopic (exact) mass is 267 g/mol. The van der Waals surface area contributed by atoms with E-state index in [4.69, 9.17) is 4.98 Å². The van der Waals surface area contributed by atoms with Crippen molar-refractivity contribution in [3.63, 3.8) is 0 Å². The summed E-state index contributed by atoms with van der Waals surface area (Å²) in [6.45, 7) is 0. The minimum atomic E-state index is 0.993. The average molecular weight is 267 g/mol. The van der Waals surface area contributed by atoms with E-state index in [2.05, 4.69) is 66.7 Å². The van der Waals surface area contributed by atoms with Gasteiger partial charge < -0.3 is 0 Å². The minimum absolute atomic E-state index is 0.993. The summed E-state index contributed by atoms with van der Waals surface area (Å²) in [7, 11) is 0. The summed E-state index contributed by atoms with van der Waals surface area (Å²) in [4.78, 5) is 4.95. The summed E-state index contributed by atoms with van der Waals surface area (Å²) in [5.41, 5.74) is 6.32. The molecular formula is C20H13N. The molecule has 5 rings (SSSR count). The van der Waals surface area contributed by atoms with Crippen molar-refractivity contribution in [3.8, 4) is 11.3 Å². The van der Waals surface area contributed by atoms with Gasteiger partial charge in [0.2, 0.25) is 0 Å². The van der Waals surface area contributed by atoms with E-state index in [9.17, 15) is 0 Å². The Bertz CT molecular complexity index is 1010. The molecule has 0 fully saturated rings. The molecule has 1 aliphatic rings. The van der Waals surface area contributed by atoms with Gasteiger partial charge in [0.05, 0.1) is 11.2 Å². The summed E-state index contributed by atoms with van der Waals surface area (Å²) in [6.07, 6.45) is 0.993. The largest absolute Gasteiger partial charge is 0.247 e. The fourth-order valence-corrected chi connectivity index (χ4v) is 3.46. The lowest BCUT2D eigenvalue weighted by molar-refractivity contribution is 1.25. The molecule has 1 aliphatic carbocycles. The predicted molar refractivity (Wildman–Crippen MR) is 87.5 cm³/mol. The Labute approximate surface area is 122 Å². The van der Waals surface area contributed by atoms with Crippen LogP contribution >= 0.6 is 0 Å². The summed E-state index contributed by atoms with van der Waals surface area (Å²) in [5.74, 6) is 0. The number of para-hydroxylation sites is 1. The van der Waals surface area contributed by atoms with Crippen LogP contribution in [0.1, 0.15) is 11.1 Å². The van der Waals surface area contributed by atoms with Crippen molar-refractivity contribution < 1.29 is 0 Å². The number of fused-ring (bicyclic) bond motifs is 6. The molecule has 0 saturated heterocycles. The first kappa shape index (κ1) is 11.0. The van der Waals surface area contributed by atoms with Gasteiger partial charge in [-0.05, 0) is 34.0 Å². The third-order valence-corrected chi connectivity index (χ3v) is 4.44. The number of nitrogens with zero attached hydrogens (tertiary/aromatic N) is 1. The van der Waals surface area contributed by atoms with Crippen molar-refractivity contribution in [2.45, 2.75) is 6.42 Å². The second-order valence-corrected chi connectivity index (χ2v) is 5.69.